The van der Waals surface area contributed by atoms with Crippen LogP contribution in [-0.2, 0) is 0 Å². The Morgan fingerprint density at radius 2 is 2.29 bits per heavy atom. The van der Waals surface area contributed by atoms with E-state index >= 15 is 0 Å². The van der Waals surface area contributed by atoms with Crippen LogP contribution in [0.2, 0.25) is 0 Å². The van der Waals surface area contributed by atoms with Gasteiger partial charge < -0.3 is 9.15 Å². The normalized spacial score (nSPS) is 10.7. The van der Waals surface area contributed by atoms with Gasteiger partial charge >= 0.3 is 0 Å². The summed E-state index contributed by atoms with van der Waals surface area (Å²) in [6.45, 7) is 2.57. The minimum atomic E-state index is -0.301. The topological polar surface area (TPSA) is 22.4 Å². The van der Waals surface area contributed by atoms with Crippen molar-refractivity contribution in [2.75, 3.05) is 6.61 Å². The van der Waals surface area contributed by atoms with Crippen LogP contribution < -0.4 is 4.74 Å². The number of ether oxygens (including phenoxy) is 1. The van der Waals surface area contributed by atoms with Gasteiger partial charge in [-0.1, -0.05) is 6.92 Å². The van der Waals surface area contributed by atoms with Crippen LogP contribution in [0.1, 0.15) is 13.3 Å². The van der Waals surface area contributed by atoms with Gasteiger partial charge in [-0.15, -0.1) is 0 Å². The first-order valence-electron chi connectivity index (χ1n) is 4.61. The van der Waals surface area contributed by atoms with Gasteiger partial charge in [0, 0.05) is 11.5 Å². The Morgan fingerprint density at radius 1 is 1.43 bits per heavy atom. The van der Waals surface area contributed by atoms with Gasteiger partial charge in [-0.25, -0.2) is 4.39 Å². The predicted molar refractivity (Wildman–Crippen MR) is 52.0 cm³/mol. The molecule has 1 heterocycles. The molecule has 1 aromatic carbocycles. The number of rotatable bonds is 3. The van der Waals surface area contributed by atoms with Crippen molar-refractivity contribution in [3.63, 3.8) is 0 Å². The highest BCUT2D eigenvalue weighted by Gasteiger charge is 2.07. The van der Waals surface area contributed by atoms with Gasteiger partial charge in [-0.05, 0) is 18.6 Å². The molecule has 0 unspecified atom stereocenters. The molecule has 0 radical (unpaired) electrons. The second kappa shape index (κ2) is 3.70. The lowest BCUT2D eigenvalue weighted by molar-refractivity contribution is 0.315. The second-order valence-corrected chi connectivity index (χ2v) is 3.09. The zero-order valence-corrected chi connectivity index (χ0v) is 7.92. The van der Waals surface area contributed by atoms with Gasteiger partial charge in [0.1, 0.15) is 5.82 Å². The molecular formula is C11H11FO2. The molecule has 2 nitrogen and oxygen atoms in total. The van der Waals surface area contributed by atoms with E-state index in [1.807, 2.05) is 6.92 Å². The van der Waals surface area contributed by atoms with Crippen LogP contribution in [0.25, 0.3) is 11.0 Å². The molecule has 14 heavy (non-hydrogen) atoms. The van der Waals surface area contributed by atoms with Crippen LogP contribution in [0.4, 0.5) is 4.39 Å². The summed E-state index contributed by atoms with van der Waals surface area (Å²) in [5.74, 6) is 0.178. The average molecular weight is 194 g/mol. The predicted octanol–water partition coefficient (Wildman–Crippen LogP) is 3.36. The minimum Gasteiger partial charge on any atom is -0.490 e. The van der Waals surface area contributed by atoms with Crippen molar-refractivity contribution in [3.05, 3.63) is 30.3 Å². The quantitative estimate of drug-likeness (QED) is 0.747. The molecule has 0 spiro atoms. The molecule has 0 aliphatic carbocycles. The maximum absolute atomic E-state index is 13.1. The van der Waals surface area contributed by atoms with Crippen LogP contribution in [0.15, 0.2) is 28.9 Å². The lowest BCUT2D eigenvalue weighted by atomic mass is 10.2. The molecule has 74 valence electrons. The summed E-state index contributed by atoms with van der Waals surface area (Å²) >= 11 is 0. The Kier molecular flexibility index (Phi) is 2.39. The van der Waals surface area contributed by atoms with E-state index in [0.717, 1.165) is 11.8 Å². The molecule has 0 amide bonds. The van der Waals surface area contributed by atoms with Gasteiger partial charge in [-0.3, -0.25) is 0 Å². The van der Waals surface area contributed by atoms with E-state index in [-0.39, 0.29) is 5.82 Å². The van der Waals surface area contributed by atoms with Crippen LogP contribution in [0, 0.1) is 5.82 Å². The van der Waals surface area contributed by atoms with E-state index in [4.69, 9.17) is 9.15 Å². The molecule has 0 saturated heterocycles. The summed E-state index contributed by atoms with van der Waals surface area (Å²) < 4.78 is 23.7. The zero-order valence-electron chi connectivity index (χ0n) is 7.92. The van der Waals surface area contributed by atoms with E-state index in [2.05, 4.69) is 0 Å². The standard InChI is InChI=1S/C11H11FO2/c1-2-4-13-10-7-9(12)6-8-3-5-14-11(8)10/h3,5-7H,2,4H2,1H3. The van der Waals surface area contributed by atoms with E-state index in [1.165, 1.54) is 18.4 Å². The molecule has 2 rings (SSSR count). The van der Waals surface area contributed by atoms with Gasteiger partial charge in [0.15, 0.2) is 11.3 Å². The van der Waals surface area contributed by atoms with Gasteiger partial charge in [0.2, 0.25) is 0 Å². The van der Waals surface area contributed by atoms with E-state index in [9.17, 15) is 4.39 Å². The van der Waals surface area contributed by atoms with E-state index in [0.29, 0.717) is 17.9 Å². The number of halogens is 1. The highest BCUT2D eigenvalue weighted by atomic mass is 19.1. The Balaban J connectivity index is 2.44. The Labute approximate surface area is 81.3 Å². The maximum atomic E-state index is 13.1. The van der Waals surface area contributed by atoms with Gasteiger partial charge in [-0.2, -0.15) is 0 Å². The maximum Gasteiger partial charge on any atom is 0.175 e. The molecule has 0 aliphatic rings. The summed E-state index contributed by atoms with van der Waals surface area (Å²) in [6.07, 6.45) is 2.42. The molecule has 2 aromatic rings. The average Bonchev–Trinajstić information content (AvgIpc) is 2.61. The number of hydrogen-bond donors (Lipinski definition) is 0. The highest BCUT2D eigenvalue weighted by Crippen LogP contribution is 2.27. The third-order valence-electron chi connectivity index (χ3n) is 1.94. The number of fused-ring (bicyclic) bond motifs is 1. The van der Waals surface area contributed by atoms with Gasteiger partial charge in [0.25, 0.3) is 0 Å². The van der Waals surface area contributed by atoms with Crippen molar-refractivity contribution in [2.24, 2.45) is 0 Å². The molecule has 1 aromatic heterocycles. The molecule has 0 saturated carbocycles. The lowest BCUT2D eigenvalue weighted by Gasteiger charge is -2.04. The molecule has 3 heteroatoms. The number of furan rings is 1. The molecular weight excluding hydrogens is 183 g/mol. The fourth-order valence-electron chi connectivity index (χ4n) is 1.33. The van der Waals surface area contributed by atoms with Crippen LogP contribution in [0.5, 0.6) is 5.75 Å². The summed E-state index contributed by atoms with van der Waals surface area (Å²) in [5, 5.41) is 0.733. The monoisotopic (exact) mass is 194 g/mol. The first-order valence-corrected chi connectivity index (χ1v) is 4.61. The SMILES string of the molecule is CCCOc1cc(F)cc2ccoc12. The highest BCUT2D eigenvalue weighted by molar-refractivity contribution is 5.83. The number of hydrogen-bond acceptors (Lipinski definition) is 2. The molecule has 0 N–H and O–H groups in total. The van der Waals surface area contributed by atoms with Crippen molar-refractivity contribution < 1.29 is 13.5 Å². The van der Waals surface area contributed by atoms with Crippen LogP contribution in [-0.4, -0.2) is 6.61 Å². The molecule has 0 aliphatic heterocycles. The van der Waals surface area contributed by atoms with Crippen molar-refractivity contribution in [1.29, 1.82) is 0 Å². The minimum absolute atomic E-state index is 0.301. The number of benzene rings is 1. The van der Waals surface area contributed by atoms with Crippen molar-refractivity contribution in [3.8, 4) is 5.75 Å². The Hall–Kier alpha value is -1.51. The van der Waals surface area contributed by atoms with Crippen molar-refractivity contribution >= 4 is 11.0 Å². The van der Waals surface area contributed by atoms with E-state index in [1.54, 1.807) is 6.07 Å². The molecule has 0 atom stereocenters. The Morgan fingerprint density at radius 3 is 3.07 bits per heavy atom. The summed E-state index contributed by atoms with van der Waals surface area (Å²) in [7, 11) is 0. The summed E-state index contributed by atoms with van der Waals surface area (Å²) in [5.41, 5.74) is 0.611. The fraction of sp³-hybridized carbons (Fsp3) is 0.273. The molecule has 0 bridgehead atoms. The first kappa shape index (κ1) is 9.06. The zero-order chi connectivity index (χ0) is 9.97. The summed E-state index contributed by atoms with van der Waals surface area (Å²) in [6, 6.07) is 4.50. The van der Waals surface area contributed by atoms with Gasteiger partial charge in [0.05, 0.1) is 12.9 Å². The fourth-order valence-corrected chi connectivity index (χ4v) is 1.33. The summed E-state index contributed by atoms with van der Waals surface area (Å²) in [4.78, 5) is 0. The van der Waals surface area contributed by atoms with Crippen LogP contribution in [0.3, 0.4) is 0 Å². The third-order valence-corrected chi connectivity index (χ3v) is 1.94. The first-order chi connectivity index (χ1) is 6.81. The van der Waals surface area contributed by atoms with Crippen LogP contribution >= 0.6 is 0 Å². The molecule has 0 fully saturated rings. The van der Waals surface area contributed by atoms with E-state index < -0.39 is 0 Å². The van der Waals surface area contributed by atoms with Crippen molar-refractivity contribution in [2.45, 2.75) is 13.3 Å². The van der Waals surface area contributed by atoms with Crippen molar-refractivity contribution in [1.82, 2.24) is 0 Å². The second-order valence-electron chi connectivity index (χ2n) is 3.09. The lowest BCUT2D eigenvalue weighted by Crippen LogP contribution is -1.95. The largest absolute Gasteiger partial charge is 0.490 e. The Bertz CT molecular complexity index is 434. The third kappa shape index (κ3) is 1.58. The smallest absolute Gasteiger partial charge is 0.175 e.